The highest BCUT2D eigenvalue weighted by Gasteiger charge is 2.33. The molecular formula is C32H57NO2Si2. The van der Waals surface area contributed by atoms with Crippen molar-refractivity contribution in [3.63, 3.8) is 0 Å². The van der Waals surface area contributed by atoms with Crippen molar-refractivity contribution in [1.82, 2.24) is 0 Å². The molecular weight excluding hydrogens is 487 g/mol. The Morgan fingerprint density at radius 2 is 0.892 bits per heavy atom. The summed E-state index contributed by atoms with van der Waals surface area (Å²) in [7, 11) is -2.95. The summed E-state index contributed by atoms with van der Waals surface area (Å²) in [6.45, 7) is 37.2. The Balaban J connectivity index is -0.000000608. The van der Waals surface area contributed by atoms with Crippen LogP contribution in [-0.4, -0.2) is 27.9 Å². The summed E-state index contributed by atoms with van der Waals surface area (Å²) in [6, 6.07) is 11.4. The largest absolute Gasteiger partial charge is 0.412 e. The minimum Gasteiger partial charge on any atom is -0.412 e. The van der Waals surface area contributed by atoms with Gasteiger partial charge in [-0.25, -0.2) is 0 Å². The van der Waals surface area contributed by atoms with Crippen LogP contribution in [0.3, 0.4) is 0 Å². The van der Waals surface area contributed by atoms with Gasteiger partial charge in [0.25, 0.3) is 0 Å². The number of unbranched alkanes of at least 4 members (excludes halogenated alkanes) is 2. The number of hydrogen-bond acceptors (Lipinski definition) is 2. The van der Waals surface area contributed by atoms with Crippen LogP contribution in [0.15, 0.2) is 72.9 Å². The topological polar surface area (TPSA) is 72.4 Å². The Morgan fingerprint density at radius 1 is 0.622 bits per heavy atom. The van der Waals surface area contributed by atoms with Crippen molar-refractivity contribution in [3.05, 3.63) is 72.9 Å². The predicted molar refractivity (Wildman–Crippen MR) is 173 cm³/mol. The number of hydrogen-bond donors (Lipinski definition) is 0. The Labute approximate surface area is 232 Å². The van der Waals surface area contributed by atoms with Gasteiger partial charge in [0.05, 0.1) is 22.2 Å². The van der Waals surface area contributed by atoms with Gasteiger partial charge in [-0.1, -0.05) is 45.5 Å². The van der Waals surface area contributed by atoms with Crippen molar-refractivity contribution < 1.29 is 10.3 Å². The van der Waals surface area contributed by atoms with Gasteiger partial charge in [-0.3, -0.25) is 0 Å². The fraction of sp³-hybridized carbons (Fsp3) is 0.562. The lowest BCUT2D eigenvalue weighted by atomic mass is 10.4. The molecule has 37 heavy (non-hydrogen) atoms. The maximum Gasteiger partial charge on any atom is 0.119 e. The molecule has 0 aromatic rings. The quantitative estimate of drug-likeness (QED) is 0.0703. The van der Waals surface area contributed by atoms with Gasteiger partial charge in [0.1, 0.15) is 6.29 Å². The van der Waals surface area contributed by atoms with Crippen LogP contribution < -0.4 is 0 Å². The molecule has 5 heteroatoms. The highest BCUT2D eigenvalue weighted by molar-refractivity contribution is 6.82. The normalized spacial score (nSPS) is 10.6. The molecule has 0 spiro atoms. The summed E-state index contributed by atoms with van der Waals surface area (Å²) in [4.78, 5) is 10.5. The smallest absolute Gasteiger partial charge is 0.119 e. The van der Waals surface area contributed by atoms with E-state index in [4.69, 9.17) is 5.26 Å². The number of carbonyl (C=O) groups is 1. The number of nitrogens with zero attached hydrogens (tertiary/aromatic N) is 1. The van der Waals surface area contributed by atoms with Crippen molar-refractivity contribution >= 4 is 22.4 Å². The Bertz CT molecular complexity index is 751. The van der Waals surface area contributed by atoms with E-state index in [2.05, 4.69) is 87.1 Å². The number of carbonyl (C=O) groups excluding carboxylic acids is 1. The van der Waals surface area contributed by atoms with E-state index in [-0.39, 0.29) is 5.48 Å². The molecule has 0 saturated carbocycles. The first-order valence-electron chi connectivity index (χ1n) is 13.3. The van der Waals surface area contributed by atoms with E-state index in [1.54, 1.807) is 0 Å². The van der Waals surface area contributed by atoms with Crippen LogP contribution in [0, 0.1) is 11.3 Å². The second-order valence-corrected chi connectivity index (χ2v) is 21.0. The van der Waals surface area contributed by atoms with Gasteiger partial charge in [-0.2, -0.15) is 5.26 Å². The Kier molecular flexibility index (Phi) is 22.4. The molecule has 210 valence electrons. The third-order valence-electron chi connectivity index (χ3n) is 6.09. The minimum absolute atomic E-state index is 0. The Morgan fingerprint density at radius 3 is 1.11 bits per heavy atom. The van der Waals surface area contributed by atoms with Gasteiger partial charge in [-0.05, 0) is 90.6 Å². The average molecular weight is 544 g/mol. The molecule has 0 aliphatic heterocycles. The minimum atomic E-state index is -1.48. The van der Waals surface area contributed by atoms with Gasteiger partial charge in [0, 0.05) is 12.8 Å². The van der Waals surface area contributed by atoms with E-state index in [0.29, 0.717) is 12.8 Å². The van der Waals surface area contributed by atoms with Crippen LogP contribution in [0.25, 0.3) is 0 Å². The van der Waals surface area contributed by atoms with E-state index in [0.717, 1.165) is 55.4 Å². The lowest BCUT2D eigenvalue weighted by molar-refractivity contribution is -0.107. The monoisotopic (exact) mass is 543 g/mol. The zero-order valence-electron chi connectivity index (χ0n) is 25.2. The van der Waals surface area contributed by atoms with Crippen LogP contribution >= 0.6 is 0 Å². The summed E-state index contributed by atoms with van der Waals surface area (Å²) in [5.74, 6) is 0. The molecule has 0 aromatic carbocycles. The zero-order chi connectivity index (χ0) is 28.4. The maximum atomic E-state index is 10.5. The maximum absolute atomic E-state index is 10.5. The molecule has 0 aromatic heterocycles. The first-order valence-corrected chi connectivity index (χ1v) is 18.9. The first-order chi connectivity index (χ1) is 16.6. The zero-order valence-corrected chi connectivity index (χ0v) is 27.2. The van der Waals surface area contributed by atoms with Gasteiger partial charge >= 0.3 is 0 Å². The molecule has 0 aliphatic carbocycles. The molecule has 0 rings (SSSR count). The predicted octanol–water partition coefficient (Wildman–Crippen LogP) is 9.79. The molecule has 0 bridgehead atoms. The van der Waals surface area contributed by atoms with E-state index < -0.39 is 16.1 Å². The second-order valence-electron chi connectivity index (χ2n) is 11.9. The summed E-state index contributed by atoms with van der Waals surface area (Å²) < 4.78 is 0. The lowest BCUT2D eigenvalue weighted by Crippen LogP contribution is -2.34. The van der Waals surface area contributed by atoms with Crippen LogP contribution in [0.1, 0.15) is 67.2 Å². The van der Waals surface area contributed by atoms with Crippen LogP contribution in [-0.2, 0) is 4.79 Å². The van der Waals surface area contributed by atoms with Gasteiger partial charge < -0.3 is 10.3 Å². The molecule has 0 atom stereocenters. The summed E-state index contributed by atoms with van der Waals surface area (Å²) in [5.41, 5.74) is 7.57. The third kappa shape index (κ3) is 21.8. The van der Waals surface area contributed by atoms with Crippen LogP contribution in [0.2, 0.25) is 48.4 Å². The molecule has 0 saturated heterocycles. The standard InChI is InChI=1S/C16H27NSi.C16H28OSi.H2O/c2*1-14(2)11-18(12-15(3)4,13-16(5)6)10-8-7-9-17;/h1,3,5,7-8,10-13H2,2,4,6H3;9H,1,3,5,7-8,10-13H2,2,4,6H3;1H2. The third-order valence-corrected chi connectivity index (χ3v) is 17.0. The number of allylic oxidation sites excluding steroid dienone is 6. The highest BCUT2D eigenvalue weighted by Crippen LogP contribution is 2.36. The first kappa shape index (κ1) is 39.5. The van der Waals surface area contributed by atoms with E-state index >= 15 is 0 Å². The van der Waals surface area contributed by atoms with Gasteiger partial charge in [-0.15, -0.1) is 39.5 Å². The van der Waals surface area contributed by atoms with Crippen molar-refractivity contribution in [3.8, 4) is 6.07 Å². The fourth-order valence-electron chi connectivity index (χ4n) is 5.85. The highest BCUT2D eigenvalue weighted by atomic mass is 28.3. The molecule has 0 amide bonds. The molecule has 0 unspecified atom stereocenters. The summed E-state index contributed by atoms with van der Waals surface area (Å²) in [5, 5.41) is 8.72. The SMILES string of the molecule is C=C(C)C[Si](CCCC#N)(CC(=C)C)CC(=C)C.C=C(C)C[Si](CCCC=O)(CC(=C)C)CC(=C)C.O. The molecule has 2 N–H and O–H groups in total. The average Bonchev–Trinajstić information content (AvgIpc) is 2.65. The van der Waals surface area contributed by atoms with E-state index in [1.165, 1.54) is 45.5 Å². The number of aldehydes is 1. The molecule has 3 nitrogen and oxygen atoms in total. The number of nitriles is 1. The molecule has 0 fully saturated rings. The molecule has 0 heterocycles. The molecule has 0 aliphatic rings. The van der Waals surface area contributed by atoms with Crippen molar-refractivity contribution in [2.45, 2.75) is 116 Å². The summed E-state index contributed by atoms with van der Waals surface area (Å²) in [6.07, 6.45) is 4.39. The van der Waals surface area contributed by atoms with Gasteiger partial charge in [0.15, 0.2) is 0 Å². The van der Waals surface area contributed by atoms with Crippen molar-refractivity contribution in [1.29, 1.82) is 5.26 Å². The summed E-state index contributed by atoms with van der Waals surface area (Å²) >= 11 is 0. The van der Waals surface area contributed by atoms with Crippen LogP contribution in [0.4, 0.5) is 0 Å². The molecule has 0 radical (unpaired) electrons. The lowest BCUT2D eigenvalue weighted by Gasteiger charge is -2.33. The van der Waals surface area contributed by atoms with Gasteiger partial charge in [0.2, 0.25) is 0 Å². The van der Waals surface area contributed by atoms with E-state index in [1.807, 2.05) is 0 Å². The van der Waals surface area contributed by atoms with Crippen LogP contribution in [0.5, 0.6) is 0 Å². The fourth-order valence-corrected chi connectivity index (χ4v) is 17.2. The Hall–Kier alpha value is -2.01. The second kappa shape index (κ2) is 21.0. The van der Waals surface area contributed by atoms with E-state index in [9.17, 15) is 4.79 Å². The number of rotatable bonds is 19. The van der Waals surface area contributed by atoms with Crippen molar-refractivity contribution in [2.24, 2.45) is 0 Å². The van der Waals surface area contributed by atoms with Crippen molar-refractivity contribution in [2.75, 3.05) is 0 Å².